The maximum Gasteiger partial charge on any atom is 0.243 e. The molecule has 1 unspecified atom stereocenters. The first-order valence-electron chi connectivity index (χ1n) is 6.42. The van der Waals surface area contributed by atoms with Crippen LogP contribution in [0.25, 0.3) is 0 Å². The zero-order chi connectivity index (χ0) is 13.7. The van der Waals surface area contributed by atoms with Gasteiger partial charge in [-0.25, -0.2) is 4.98 Å². The average Bonchev–Trinajstić information content (AvgIpc) is 2.98. The monoisotopic (exact) mass is 262 g/mol. The molecule has 0 amide bonds. The lowest BCUT2D eigenvalue weighted by atomic mass is 10.2. The van der Waals surface area contributed by atoms with Gasteiger partial charge in [0.1, 0.15) is 11.9 Å². The van der Waals surface area contributed by atoms with E-state index in [-0.39, 0.29) is 6.54 Å². The van der Waals surface area contributed by atoms with Crippen LogP contribution in [-0.2, 0) is 12.8 Å². The lowest BCUT2D eigenvalue weighted by Gasteiger charge is -2.10. The van der Waals surface area contributed by atoms with Crippen molar-refractivity contribution in [1.29, 1.82) is 0 Å². The van der Waals surface area contributed by atoms with Crippen LogP contribution in [0, 0.1) is 0 Å². The summed E-state index contributed by atoms with van der Waals surface area (Å²) in [6, 6.07) is 3.46. The first kappa shape index (κ1) is 13.5. The minimum atomic E-state index is -0.727. The fourth-order valence-electron chi connectivity index (χ4n) is 1.78. The molecular weight excluding hydrogens is 244 g/mol. The van der Waals surface area contributed by atoms with Gasteiger partial charge in [-0.1, -0.05) is 13.8 Å². The second-order valence-corrected chi connectivity index (χ2v) is 4.15. The summed E-state index contributed by atoms with van der Waals surface area (Å²) < 4.78 is 5.12. The first-order chi connectivity index (χ1) is 9.24. The van der Waals surface area contributed by atoms with E-state index in [4.69, 9.17) is 4.42 Å². The van der Waals surface area contributed by atoms with Crippen molar-refractivity contribution in [2.75, 3.05) is 11.9 Å². The third-order valence-electron chi connectivity index (χ3n) is 2.83. The topological polar surface area (TPSA) is 84.1 Å². The van der Waals surface area contributed by atoms with E-state index in [2.05, 4.69) is 20.5 Å². The normalized spacial score (nSPS) is 12.4. The van der Waals surface area contributed by atoms with Crippen molar-refractivity contribution < 1.29 is 9.52 Å². The molecule has 0 aliphatic rings. The number of nitrogens with one attached hydrogen (secondary N) is 1. The Kier molecular flexibility index (Phi) is 4.46. The predicted molar refractivity (Wildman–Crippen MR) is 70.7 cm³/mol. The van der Waals surface area contributed by atoms with Crippen molar-refractivity contribution in [2.45, 2.75) is 32.8 Å². The predicted octanol–water partition coefficient (Wildman–Crippen LogP) is 1.73. The Morgan fingerprint density at radius 3 is 2.68 bits per heavy atom. The van der Waals surface area contributed by atoms with Crippen molar-refractivity contribution in [3.8, 4) is 0 Å². The van der Waals surface area contributed by atoms with Crippen LogP contribution in [0.4, 0.5) is 5.95 Å². The van der Waals surface area contributed by atoms with Crippen LogP contribution in [0.1, 0.15) is 37.1 Å². The first-order valence-corrected chi connectivity index (χ1v) is 6.42. The Balaban J connectivity index is 1.99. The van der Waals surface area contributed by atoms with E-state index in [0.717, 1.165) is 24.2 Å². The molecule has 0 spiro atoms. The number of aromatic nitrogens is 3. The van der Waals surface area contributed by atoms with Crippen LogP contribution in [0.15, 0.2) is 22.8 Å². The number of aryl methyl sites for hydroxylation is 2. The Morgan fingerprint density at radius 2 is 2.05 bits per heavy atom. The van der Waals surface area contributed by atoms with Gasteiger partial charge >= 0.3 is 0 Å². The number of furan rings is 1. The molecule has 19 heavy (non-hydrogen) atoms. The average molecular weight is 262 g/mol. The fourth-order valence-corrected chi connectivity index (χ4v) is 1.78. The van der Waals surface area contributed by atoms with E-state index in [9.17, 15) is 5.11 Å². The summed E-state index contributed by atoms with van der Waals surface area (Å²) in [6.45, 7) is 4.34. The van der Waals surface area contributed by atoms with Gasteiger partial charge in [0, 0.05) is 0 Å². The Hall–Kier alpha value is -1.95. The van der Waals surface area contributed by atoms with Crippen LogP contribution < -0.4 is 5.32 Å². The summed E-state index contributed by atoms with van der Waals surface area (Å²) in [7, 11) is 0. The van der Waals surface area contributed by atoms with Crippen molar-refractivity contribution in [1.82, 2.24) is 15.2 Å². The molecule has 0 aliphatic carbocycles. The molecule has 0 bridgehead atoms. The van der Waals surface area contributed by atoms with Crippen molar-refractivity contribution in [2.24, 2.45) is 0 Å². The summed E-state index contributed by atoms with van der Waals surface area (Å²) in [5.41, 5.74) is 1.85. The highest BCUT2D eigenvalue weighted by Crippen LogP contribution is 2.13. The molecule has 0 radical (unpaired) electrons. The Labute approximate surface area is 111 Å². The maximum atomic E-state index is 9.87. The van der Waals surface area contributed by atoms with Crippen LogP contribution in [0.3, 0.4) is 0 Å². The van der Waals surface area contributed by atoms with E-state index < -0.39 is 6.10 Å². The van der Waals surface area contributed by atoms with Crippen molar-refractivity contribution >= 4 is 5.95 Å². The number of nitrogens with zero attached hydrogens (tertiary/aromatic N) is 3. The Bertz CT molecular complexity index is 513. The van der Waals surface area contributed by atoms with E-state index >= 15 is 0 Å². The summed E-state index contributed by atoms with van der Waals surface area (Å²) in [6.07, 6.45) is 2.43. The highest BCUT2D eigenvalue weighted by Gasteiger charge is 2.11. The molecule has 0 saturated carbocycles. The number of hydrogen-bond acceptors (Lipinski definition) is 6. The van der Waals surface area contributed by atoms with Crippen LogP contribution in [-0.4, -0.2) is 26.8 Å². The third kappa shape index (κ3) is 3.29. The molecule has 6 heteroatoms. The molecule has 0 fully saturated rings. The van der Waals surface area contributed by atoms with Gasteiger partial charge in [-0.05, 0) is 25.0 Å². The molecule has 2 rings (SSSR count). The minimum Gasteiger partial charge on any atom is -0.467 e. The largest absolute Gasteiger partial charge is 0.467 e. The molecule has 0 aromatic carbocycles. The van der Waals surface area contributed by atoms with Crippen LogP contribution in [0.2, 0.25) is 0 Å². The van der Waals surface area contributed by atoms with Crippen LogP contribution >= 0.6 is 0 Å². The molecule has 2 N–H and O–H groups in total. The third-order valence-corrected chi connectivity index (χ3v) is 2.83. The smallest absolute Gasteiger partial charge is 0.243 e. The lowest BCUT2D eigenvalue weighted by molar-refractivity contribution is 0.162. The second-order valence-electron chi connectivity index (χ2n) is 4.15. The second kappa shape index (κ2) is 6.29. The van der Waals surface area contributed by atoms with Crippen molar-refractivity contribution in [3.63, 3.8) is 0 Å². The standard InChI is InChI=1S/C13H18N4O2/c1-3-9-10(4-2)16-17-13(15-9)14-8-11(18)12-6-5-7-19-12/h5-7,11,18H,3-4,8H2,1-2H3,(H,14,15,17). The van der Waals surface area contributed by atoms with E-state index in [0.29, 0.717) is 11.7 Å². The van der Waals surface area contributed by atoms with Gasteiger partial charge in [-0.3, -0.25) is 0 Å². The zero-order valence-corrected chi connectivity index (χ0v) is 11.1. The summed E-state index contributed by atoms with van der Waals surface area (Å²) >= 11 is 0. The minimum absolute atomic E-state index is 0.282. The number of aliphatic hydroxyl groups is 1. The van der Waals surface area contributed by atoms with E-state index in [1.807, 2.05) is 13.8 Å². The van der Waals surface area contributed by atoms with Gasteiger partial charge in [0.25, 0.3) is 0 Å². The van der Waals surface area contributed by atoms with Crippen molar-refractivity contribution in [3.05, 3.63) is 35.5 Å². The molecule has 6 nitrogen and oxygen atoms in total. The number of rotatable bonds is 6. The molecule has 1 atom stereocenters. The molecule has 2 aromatic heterocycles. The van der Waals surface area contributed by atoms with Gasteiger partial charge in [-0.15, -0.1) is 5.10 Å². The summed E-state index contributed by atoms with van der Waals surface area (Å²) in [4.78, 5) is 4.39. The van der Waals surface area contributed by atoms with E-state index in [1.165, 1.54) is 6.26 Å². The van der Waals surface area contributed by atoms with Gasteiger partial charge < -0.3 is 14.8 Å². The number of aliphatic hydroxyl groups excluding tert-OH is 1. The highest BCUT2D eigenvalue weighted by atomic mass is 16.4. The van der Waals surface area contributed by atoms with Gasteiger partial charge in [0.2, 0.25) is 5.95 Å². The summed E-state index contributed by atoms with van der Waals surface area (Å²) in [5, 5.41) is 21.0. The quantitative estimate of drug-likeness (QED) is 0.825. The fraction of sp³-hybridized carbons (Fsp3) is 0.462. The van der Waals surface area contributed by atoms with E-state index in [1.54, 1.807) is 12.1 Å². The molecule has 102 valence electrons. The molecular formula is C13H18N4O2. The summed E-state index contributed by atoms with van der Waals surface area (Å²) in [5.74, 6) is 0.945. The molecule has 2 heterocycles. The Morgan fingerprint density at radius 1 is 1.26 bits per heavy atom. The number of hydrogen-bond donors (Lipinski definition) is 2. The highest BCUT2D eigenvalue weighted by molar-refractivity contribution is 5.26. The maximum absolute atomic E-state index is 9.87. The number of anilines is 1. The molecule has 0 saturated heterocycles. The van der Waals surface area contributed by atoms with Gasteiger partial charge in [0.15, 0.2) is 0 Å². The molecule has 2 aromatic rings. The SMILES string of the molecule is CCc1nnc(NCC(O)c2ccco2)nc1CC. The lowest BCUT2D eigenvalue weighted by Crippen LogP contribution is -2.15. The molecule has 0 aliphatic heterocycles. The van der Waals surface area contributed by atoms with Gasteiger partial charge in [0.05, 0.1) is 24.2 Å². The zero-order valence-electron chi connectivity index (χ0n) is 11.1. The van der Waals surface area contributed by atoms with Gasteiger partial charge in [-0.2, -0.15) is 5.10 Å². The van der Waals surface area contributed by atoms with Crippen LogP contribution in [0.5, 0.6) is 0 Å².